The molecule has 1 fully saturated rings. The van der Waals surface area contributed by atoms with Gasteiger partial charge in [-0.3, -0.25) is 0 Å². The molecule has 0 spiro atoms. The lowest BCUT2D eigenvalue weighted by Gasteiger charge is -2.33. The molecule has 1 aromatic heterocycles. The fourth-order valence-electron chi connectivity index (χ4n) is 2.39. The van der Waals surface area contributed by atoms with Crippen LogP contribution in [0.15, 0.2) is 12.4 Å². The first-order valence-corrected chi connectivity index (χ1v) is 7.09. The normalized spacial score (nSPS) is 20.1. The Bertz CT molecular complexity index is 349. The summed E-state index contributed by atoms with van der Waals surface area (Å²) >= 11 is 0. The minimum absolute atomic E-state index is 0.572. The zero-order valence-corrected chi connectivity index (χ0v) is 11.5. The van der Waals surface area contributed by atoms with E-state index in [-0.39, 0.29) is 0 Å². The Hall–Kier alpha value is -1.16. The molecule has 1 atom stereocenters. The third-order valence-corrected chi connectivity index (χ3v) is 3.51. The van der Waals surface area contributed by atoms with Crippen LogP contribution in [0.4, 0.5) is 5.95 Å². The predicted molar refractivity (Wildman–Crippen MR) is 74.7 cm³/mol. The topological polar surface area (TPSA) is 41.1 Å². The highest BCUT2D eigenvalue weighted by Crippen LogP contribution is 2.20. The summed E-state index contributed by atoms with van der Waals surface area (Å²) in [6, 6.07) is 0.572. The van der Waals surface area contributed by atoms with Crippen molar-refractivity contribution in [2.24, 2.45) is 0 Å². The van der Waals surface area contributed by atoms with Crippen LogP contribution in [0.25, 0.3) is 0 Å². The van der Waals surface area contributed by atoms with E-state index in [1.165, 1.54) is 19.3 Å². The van der Waals surface area contributed by atoms with Gasteiger partial charge in [-0.1, -0.05) is 6.92 Å². The zero-order chi connectivity index (χ0) is 12.8. The molecule has 0 amide bonds. The van der Waals surface area contributed by atoms with E-state index >= 15 is 0 Å². The number of anilines is 1. The summed E-state index contributed by atoms with van der Waals surface area (Å²) < 4.78 is 0. The summed E-state index contributed by atoms with van der Waals surface area (Å²) in [5.41, 5.74) is 1.16. The molecule has 4 heteroatoms. The number of rotatable bonds is 5. The second kappa shape index (κ2) is 6.69. The summed E-state index contributed by atoms with van der Waals surface area (Å²) in [5.74, 6) is 0.890. The standard InChI is InChI=1S/C14H24N4/c1-3-7-15-9-13-10-16-14(17-11-13)18-8-5-4-6-12(18)2/h10-12,15H,3-9H2,1-2H3. The molecule has 1 aromatic rings. The van der Waals surface area contributed by atoms with Gasteiger partial charge in [-0.2, -0.15) is 0 Å². The molecule has 4 nitrogen and oxygen atoms in total. The van der Waals surface area contributed by atoms with Crippen LogP contribution < -0.4 is 10.2 Å². The van der Waals surface area contributed by atoms with Gasteiger partial charge in [0, 0.05) is 37.1 Å². The van der Waals surface area contributed by atoms with Gasteiger partial charge >= 0.3 is 0 Å². The summed E-state index contributed by atoms with van der Waals surface area (Å²) in [7, 11) is 0. The molecule has 0 radical (unpaired) electrons. The minimum atomic E-state index is 0.572. The van der Waals surface area contributed by atoms with Crippen molar-refractivity contribution in [3.8, 4) is 0 Å². The number of aromatic nitrogens is 2. The number of piperidine rings is 1. The Balaban J connectivity index is 1.94. The van der Waals surface area contributed by atoms with E-state index < -0.39 is 0 Å². The van der Waals surface area contributed by atoms with Gasteiger partial charge in [0.05, 0.1) is 0 Å². The van der Waals surface area contributed by atoms with Gasteiger partial charge in [-0.05, 0) is 39.2 Å². The monoisotopic (exact) mass is 248 g/mol. The highest BCUT2D eigenvalue weighted by Gasteiger charge is 2.20. The van der Waals surface area contributed by atoms with Gasteiger partial charge in [-0.15, -0.1) is 0 Å². The molecule has 1 saturated heterocycles. The zero-order valence-electron chi connectivity index (χ0n) is 11.5. The van der Waals surface area contributed by atoms with Gasteiger partial charge in [-0.25, -0.2) is 9.97 Å². The van der Waals surface area contributed by atoms with Crippen LogP contribution in [0.1, 0.15) is 45.1 Å². The Morgan fingerprint density at radius 1 is 1.33 bits per heavy atom. The van der Waals surface area contributed by atoms with Crippen LogP contribution in [0, 0.1) is 0 Å². The molecule has 0 saturated carbocycles. The van der Waals surface area contributed by atoms with Crippen molar-refractivity contribution in [2.75, 3.05) is 18.0 Å². The van der Waals surface area contributed by atoms with Gasteiger partial charge in [0.2, 0.25) is 5.95 Å². The first-order chi connectivity index (χ1) is 8.81. The molecule has 100 valence electrons. The van der Waals surface area contributed by atoms with Crippen molar-refractivity contribution in [2.45, 2.75) is 52.1 Å². The molecule has 18 heavy (non-hydrogen) atoms. The first-order valence-electron chi connectivity index (χ1n) is 7.09. The third-order valence-electron chi connectivity index (χ3n) is 3.51. The maximum Gasteiger partial charge on any atom is 0.225 e. The van der Waals surface area contributed by atoms with Gasteiger partial charge in [0.25, 0.3) is 0 Å². The van der Waals surface area contributed by atoms with Crippen LogP contribution in [0.2, 0.25) is 0 Å². The number of nitrogens with one attached hydrogen (secondary N) is 1. The average molecular weight is 248 g/mol. The summed E-state index contributed by atoms with van der Waals surface area (Å²) in [4.78, 5) is 11.3. The van der Waals surface area contributed by atoms with Crippen molar-refractivity contribution in [3.63, 3.8) is 0 Å². The number of nitrogens with zero attached hydrogens (tertiary/aromatic N) is 3. The van der Waals surface area contributed by atoms with E-state index in [4.69, 9.17) is 0 Å². The molecule has 1 aliphatic rings. The molecule has 1 N–H and O–H groups in total. The summed E-state index contributed by atoms with van der Waals surface area (Å²) in [5, 5.41) is 3.37. The average Bonchev–Trinajstić information content (AvgIpc) is 2.41. The lowest BCUT2D eigenvalue weighted by atomic mass is 10.0. The fourth-order valence-corrected chi connectivity index (χ4v) is 2.39. The molecular weight excluding hydrogens is 224 g/mol. The first kappa shape index (κ1) is 13.3. The van der Waals surface area contributed by atoms with E-state index in [1.54, 1.807) is 0 Å². The molecule has 1 unspecified atom stereocenters. The van der Waals surface area contributed by atoms with Crippen LogP contribution in [-0.4, -0.2) is 29.1 Å². The largest absolute Gasteiger partial charge is 0.338 e. The van der Waals surface area contributed by atoms with Crippen LogP contribution >= 0.6 is 0 Å². The second-order valence-electron chi connectivity index (χ2n) is 5.11. The highest BCUT2D eigenvalue weighted by atomic mass is 15.3. The summed E-state index contributed by atoms with van der Waals surface area (Å²) in [6.07, 6.45) is 8.90. The fraction of sp³-hybridized carbons (Fsp3) is 0.714. The van der Waals surface area contributed by atoms with Crippen LogP contribution in [-0.2, 0) is 6.54 Å². The van der Waals surface area contributed by atoms with E-state index in [0.717, 1.165) is 37.6 Å². The predicted octanol–water partition coefficient (Wildman–Crippen LogP) is 2.36. The Morgan fingerprint density at radius 3 is 2.78 bits per heavy atom. The molecule has 0 bridgehead atoms. The number of hydrogen-bond acceptors (Lipinski definition) is 4. The minimum Gasteiger partial charge on any atom is -0.338 e. The lowest BCUT2D eigenvalue weighted by molar-refractivity contribution is 0.477. The van der Waals surface area contributed by atoms with Gasteiger partial charge < -0.3 is 10.2 Å². The Labute approximate surface area is 110 Å². The molecule has 0 aliphatic carbocycles. The molecule has 1 aliphatic heterocycles. The van der Waals surface area contributed by atoms with Crippen molar-refractivity contribution >= 4 is 5.95 Å². The summed E-state index contributed by atoms with van der Waals surface area (Å²) in [6.45, 7) is 7.44. The molecule has 2 rings (SSSR count). The molecule has 0 aromatic carbocycles. The van der Waals surface area contributed by atoms with Gasteiger partial charge in [0.1, 0.15) is 0 Å². The number of hydrogen-bond donors (Lipinski definition) is 1. The third kappa shape index (κ3) is 3.42. The van der Waals surface area contributed by atoms with Crippen molar-refractivity contribution in [1.29, 1.82) is 0 Å². The Morgan fingerprint density at radius 2 is 2.11 bits per heavy atom. The van der Waals surface area contributed by atoms with Crippen LogP contribution in [0.3, 0.4) is 0 Å². The van der Waals surface area contributed by atoms with E-state index in [0.29, 0.717) is 6.04 Å². The highest BCUT2D eigenvalue weighted by molar-refractivity contribution is 5.32. The van der Waals surface area contributed by atoms with E-state index in [2.05, 4.69) is 34.0 Å². The SMILES string of the molecule is CCCNCc1cnc(N2CCCCC2C)nc1. The molecule has 2 heterocycles. The van der Waals surface area contributed by atoms with Crippen molar-refractivity contribution in [3.05, 3.63) is 18.0 Å². The Kier molecular flexibility index (Phi) is 4.93. The van der Waals surface area contributed by atoms with Gasteiger partial charge in [0.15, 0.2) is 0 Å². The van der Waals surface area contributed by atoms with Crippen molar-refractivity contribution in [1.82, 2.24) is 15.3 Å². The lowest BCUT2D eigenvalue weighted by Crippen LogP contribution is -2.38. The quantitative estimate of drug-likeness (QED) is 0.812. The maximum atomic E-state index is 4.51. The smallest absolute Gasteiger partial charge is 0.225 e. The molecular formula is C14H24N4. The van der Waals surface area contributed by atoms with E-state index in [9.17, 15) is 0 Å². The maximum absolute atomic E-state index is 4.51. The van der Waals surface area contributed by atoms with Crippen LogP contribution in [0.5, 0.6) is 0 Å². The van der Waals surface area contributed by atoms with Crippen molar-refractivity contribution < 1.29 is 0 Å². The second-order valence-corrected chi connectivity index (χ2v) is 5.11. The van der Waals surface area contributed by atoms with E-state index in [1.807, 2.05) is 12.4 Å².